The summed E-state index contributed by atoms with van der Waals surface area (Å²) in [5.41, 5.74) is -0.354. The Morgan fingerprint density at radius 1 is 1.48 bits per heavy atom. The van der Waals surface area contributed by atoms with Crippen LogP contribution >= 0.6 is 0 Å². The van der Waals surface area contributed by atoms with Gasteiger partial charge in [0.1, 0.15) is 0 Å². The lowest BCUT2D eigenvalue weighted by atomic mass is 10.0. The molecule has 116 valence electrons. The van der Waals surface area contributed by atoms with Crippen molar-refractivity contribution in [1.82, 2.24) is 10.6 Å². The van der Waals surface area contributed by atoms with Crippen molar-refractivity contribution >= 4 is 5.91 Å². The second-order valence-corrected chi connectivity index (χ2v) is 5.20. The smallest absolute Gasteiger partial charge is 0.392 e. The molecule has 3 unspecified atom stereocenters. The minimum Gasteiger partial charge on any atom is -0.392 e. The molecule has 1 aliphatic rings. The highest BCUT2D eigenvalue weighted by atomic mass is 19.4. The fourth-order valence-electron chi connectivity index (χ4n) is 2.30. The third kappa shape index (κ3) is 3.95. The van der Waals surface area contributed by atoms with Crippen molar-refractivity contribution in [3.8, 4) is 0 Å². The standard InChI is InChI=1S/C14H17F3N2O2/c1-8(19-13(21)12-6-11(20)7-18-12)9-3-2-4-10(5-9)14(15,16)17/h2-5,8,11-12,18,20H,6-7H2,1H3,(H,19,21). The predicted octanol–water partition coefficient (Wildman–Crippen LogP) is 1.61. The molecule has 1 amide bonds. The molecule has 2 rings (SSSR count). The van der Waals surface area contributed by atoms with Crippen molar-refractivity contribution < 1.29 is 23.1 Å². The van der Waals surface area contributed by atoms with Gasteiger partial charge in [0.2, 0.25) is 5.91 Å². The molecule has 1 aromatic rings. The van der Waals surface area contributed by atoms with E-state index in [-0.39, 0.29) is 5.91 Å². The maximum Gasteiger partial charge on any atom is 0.416 e. The van der Waals surface area contributed by atoms with Gasteiger partial charge in [-0.15, -0.1) is 0 Å². The topological polar surface area (TPSA) is 61.4 Å². The second-order valence-electron chi connectivity index (χ2n) is 5.20. The molecule has 21 heavy (non-hydrogen) atoms. The molecule has 4 nitrogen and oxygen atoms in total. The molecule has 1 heterocycles. The van der Waals surface area contributed by atoms with E-state index >= 15 is 0 Å². The van der Waals surface area contributed by atoms with Crippen LogP contribution in [0.4, 0.5) is 13.2 Å². The number of rotatable bonds is 3. The number of halogens is 3. The van der Waals surface area contributed by atoms with Crippen molar-refractivity contribution in [2.75, 3.05) is 6.54 Å². The SMILES string of the molecule is CC(NC(=O)C1CC(O)CN1)c1cccc(C(F)(F)F)c1. The molecule has 0 spiro atoms. The molecule has 1 fully saturated rings. The molecule has 0 aliphatic carbocycles. The van der Waals surface area contributed by atoms with Crippen LogP contribution < -0.4 is 10.6 Å². The van der Waals surface area contributed by atoms with Crippen LogP contribution in [0.3, 0.4) is 0 Å². The molecule has 0 aromatic heterocycles. The molecular weight excluding hydrogens is 285 g/mol. The molecule has 7 heteroatoms. The molecule has 1 saturated heterocycles. The molecule has 0 radical (unpaired) electrons. The number of nitrogens with one attached hydrogen (secondary N) is 2. The van der Waals surface area contributed by atoms with Crippen molar-refractivity contribution in [2.24, 2.45) is 0 Å². The monoisotopic (exact) mass is 302 g/mol. The predicted molar refractivity (Wildman–Crippen MR) is 70.4 cm³/mol. The maximum absolute atomic E-state index is 12.7. The third-order valence-electron chi connectivity index (χ3n) is 3.50. The van der Waals surface area contributed by atoms with Crippen LogP contribution in [0.2, 0.25) is 0 Å². The summed E-state index contributed by atoms with van der Waals surface area (Å²) < 4.78 is 38.0. The van der Waals surface area contributed by atoms with Crippen LogP contribution in [0.5, 0.6) is 0 Å². The lowest BCUT2D eigenvalue weighted by molar-refractivity contribution is -0.137. The number of carbonyl (C=O) groups is 1. The van der Waals surface area contributed by atoms with Crippen molar-refractivity contribution in [3.63, 3.8) is 0 Å². The van der Waals surface area contributed by atoms with Gasteiger partial charge >= 0.3 is 6.18 Å². The fourth-order valence-corrected chi connectivity index (χ4v) is 2.30. The molecular formula is C14H17F3N2O2. The molecule has 1 aliphatic heterocycles. The zero-order valence-corrected chi connectivity index (χ0v) is 11.4. The van der Waals surface area contributed by atoms with Crippen molar-refractivity contribution in [2.45, 2.75) is 37.7 Å². The van der Waals surface area contributed by atoms with E-state index in [2.05, 4.69) is 10.6 Å². The Morgan fingerprint density at radius 3 is 2.76 bits per heavy atom. The maximum atomic E-state index is 12.7. The summed E-state index contributed by atoms with van der Waals surface area (Å²) in [5, 5.41) is 14.9. The number of β-amino-alcohol motifs (C(OH)–C–C–N with tert-alkyl or cyclic N) is 1. The van der Waals surface area contributed by atoms with Gasteiger partial charge < -0.3 is 15.7 Å². The zero-order valence-electron chi connectivity index (χ0n) is 11.4. The summed E-state index contributed by atoms with van der Waals surface area (Å²) in [6, 6.07) is 3.83. The van der Waals surface area contributed by atoms with Crippen LogP contribution in [-0.2, 0) is 11.0 Å². The van der Waals surface area contributed by atoms with Gasteiger partial charge in [-0.05, 0) is 31.0 Å². The first kappa shape index (κ1) is 15.8. The summed E-state index contributed by atoms with van der Waals surface area (Å²) in [5.74, 6) is -0.323. The number of aliphatic hydroxyl groups excluding tert-OH is 1. The summed E-state index contributed by atoms with van der Waals surface area (Å²) in [4.78, 5) is 11.9. The van der Waals surface area contributed by atoms with Crippen LogP contribution in [0, 0.1) is 0 Å². The molecule has 3 N–H and O–H groups in total. The Balaban J connectivity index is 2.03. The van der Waals surface area contributed by atoms with Gasteiger partial charge in [0.25, 0.3) is 0 Å². The summed E-state index contributed by atoms with van der Waals surface area (Å²) in [7, 11) is 0. The van der Waals surface area contributed by atoms with Crippen LogP contribution in [0.1, 0.15) is 30.5 Å². The number of benzene rings is 1. The number of carbonyl (C=O) groups excluding carboxylic acids is 1. The van der Waals surface area contributed by atoms with Gasteiger partial charge in [-0.25, -0.2) is 0 Å². The van der Waals surface area contributed by atoms with Gasteiger partial charge in [-0.1, -0.05) is 12.1 Å². The molecule has 3 atom stereocenters. The number of hydrogen-bond acceptors (Lipinski definition) is 3. The van der Waals surface area contributed by atoms with E-state index in [1.807, 2.05) is 0 Å². The Kier molecular flexibility index (Phi) is 4.53. The van der Waals surface area contributed by atoms with Crippen LogP contribution in [0.25, 0.3) is 0 Å². The van der Waals surface area contributed by atoms with Gasteiger partial charge in [-0.3, -0.25) is 4.79 Å². The zero-order chi connectivity index (χ0) is 15.6. The first-order valence-electron chi connectivity index (χ1n) is 6.66. The van der Waals surface area contributed by atoms with Gasteiger partial charge in [-0.2, -0.15) is 13.2 Å². The van der Waals surface area contributed by atoms with E-state index in [4.69, 9.17) is 0 Å². The van der Waals surface area contributed by atoms with Gasteiger partial charge in [0, 0.05) is 6.54 Å². The van der Waals surface area contributed by atoms with E-state index in [9.17, 15) is 23.1 Å². The quantitative estimate of drug-likeness (QED) is 0.795. The summed E-state index contributed by atoms with van der Waals surface area (Å²) >= 11 is 0. The average molecular weight is 302 g/mol. The summed E-state index contributed by atoms with van der Waals surface area (Å²) in [6.07, 6.45) is -4.66. The lowest BCUT2D eigenvalue weighted by Gasteiger charge is -2.18. The molecule has 1 aromatic carbocycles. The fraction of sp³-hybridized carbons (Fsp3) is 0.500. The van der Waals surface area contributed by atoms with Crippen LogP contribution in [0.15, 0.2) is 24.3 Å². The highest BCUT2D eigenvalue weighted by molar-refractivity contribution is 5.82. The van der Waals surface area contributed by atoms with E-state index in [1.54, 1.807) is 6.92 Å². The number of alkyl halides is 3. The number of hydrogen-bond donors (Lipinski definition) is 3. The first-order valence-corrected chi connectivity index (χ1v) is 6.66. The van der Waals surface area contributed by atoms with E-state index in [0.29, 0.717) is 18.5 Å². The summed E-state index contributed by atoms with van der Waals surface area (Å²) in [6.45, 7) is 1.97. The van der Waals surface area contributed by atoms with Gasteiger partial charge in [0.15, 0.2) is 0 Å². The second kappa shape index (κ2) is 6.03. The average Bonchev–Trinajstić information content (AvgIpc) is 2.84. The Labute approximate surface area is 120 Å². The van der Waals surface area contributed by atoms with E-state index in [0.717, 1.165) is 12.1 Å². The van der Waals surface area contributed by atoms with E-state index < -0.39 is 29.9 Å². The van der Waals surface area contributed by atoms with Crippen LogP contribution in [-0.4, -0.2) is 29.7 Å². The number of aliphatic hydroxyl groups is 1. The van der Waals surface area contributed by atoms with Crippen molar-refractivity contribution in [1.29, 1.82) is 0 Å². The van der Waals surface area contributed by atoms with Crippen molar-refractivity contribution in [3.05, 3.63) is 35.4 Å². The minimum absolute atomic E-state index is 0.307. The Bertz CT molecular complexity index is 519. The number of amides is 1. The lowest BCUT2D eigenvalue weighted by Crippen LogP contribution is -2.41. The normalized spacial score (nSPS) is 23.9. The highest BCUT2D eigenvalue weighted by Crippen LogP contribution is 2.30. The molecule has 0 saturated carbocycles. The molecule has 0 bridgehead atoms. The Hall–Kier alpha value is -1.60. The van der Waals surface area contributed by atoms with E-state index in [1.165, 1.54) is 12.1 Å². The Morgan fingerprint density at radius 2 is 2.19 bits per heavy atom. The minimum atomic E-state index is -4.41. The largest absolute Gasteiger partial charge is 0.416 e. The highest BCUT2D eigenvalue weighted by Gasteiger charge is 2.31. The first-order chi connectivity index (χ1) is 9.77. The third-order valence-corrected chi connectivity index (χ3v) is 3.50. The van der Waals surface area contributed by atoms with Gasteiger partial charge in [0.05, 0.1) is 23.8 Å².